The molecule has 0 saturated heterocycles. The van der Waals surface area contributed by atoms with E-state index in [0.717, 1.165) is 17.9 Å². The quantitative estimate of drug-likeness (QED) is 0.421. The fourth-order valence-corrected chi connectivity index (χ4v) is 4.09. The van der Waals surface area contributed by atoms with Crippen LogP contribution in [0, 0.1) is 0 Å². The van der Waals surface area contributed by atoms with E-state index in [2.05, 4.69) is 5.32 Å². The highest BCUT2D eigenvalue weighted by Gasteiger charge is 2.35. The molecule has 1 aliphatic heterocycles. The molecule has 3 aromatic carbocycles. The molecule has 1 heterocycles. The minimum Gasteiger partial charge on any atom is -0.492 e. The Kier molecular flexibility index (Phi) is 7.48. The van der Waals surface area contributed by atoms with Crippen molar-refractivity contribution in [3.8, 4) is 5.75 Å². The third kappa shape index (κ3) is 6.07. The van der Waals surface area contributed by atoms with E-state index in [0.29, 0.717) is 39.8 Å². The molecule has 3 aromatic rings. The number of carboxylic acid groups (broad SMARTS) is 1. The molecule has 0 bridgehead atoms. The lowest BCUT2D eigenvalue weighted by Crippen LogP contribution is -2.22. The van der Waals surface area contributed by atoms with Crippen molar-refractivity contribution >= 4 is 40.6 Å². The molecule has 0 spiro atoms. The number of rotatable bonds is 9. The van der Waals surface area contributed by atoms with Gasteiger partial charge >= 0.3 is 5.97 Å². The topological polar surface area (TPSA) is 91.2 Å². The number of aliphatic imine (C=N–C) groups is 1. The number of likely N-dealkylation sites (N-methyl/N-ethyl adjacent to an activating group) is 1. The Balaban J connectivity index is 1.73. The monoisotopic (exact) mass is 491 g/mol. The zero-order chi connectivity index (χ0) is 24.9. The van der Waals surface area contributed by atoms with Crippen LogP contribution in [0.2, 0.25) is 5.02 Å². The molecule has 8 heteroatoms. The molecule has 0 saturated carbocycles. The number of fused-ring (bicyclic) bond motifs is 1. The van der Waals surface area contributed by atoms with Gasteiger partial charge in [-0.3, -0.25) is 14.6 Å². The lowest BCUT2D eigenvalue weighted by atomic mass is 9.89. The largest absolute Gasteiger partial charge is 0.492 e. The molecule has 1 aliphatic rings. The molecule has 7 nitrogen and oxygen atoms in total. The Labute approximate surface area is 209 Å². The zero-order valence-electron chi connectivity index (χ0n) is 19.5. The van der Waals surface area contributed by atoms with Crippen LogP contribution in [-0.4, -0.2) is 54.8 Å². The molecule has 2 N–H and O–H groups in total. The van der Waals surface area contributed by atoms with Crippen molar-refractivity contribution in [2.45, 2.75) is 12.3 Å². The fourth-order valence-electron chi connectivity index (χ4n) is 3.92. The minimum absolute atomic E-state index is 0.122. The van der Waals surface area contributed by atoms with Gasteiger partial charge in [0, 0.05) is 17.3 Å². The number of amides is 1. The standard InChI is InChI=1S/C27H26ClN3O4/c1-31(2)12-13-35-21-9-7-20(8-10-21)29-26(18-5-3-4-17(14-18)15-24(32)33)25-22-11-6-19(28)16-23(22)30-27(25)34/h3-11,14,16,25H,12-13,15H2,1-2H3,(H,30,34)(H,32,33). The van der Waals surface area contributed by atoms with Gasteiger partial charge in [-0.25, -0.2) is 0 Å². The van der Waals surface area contributed by atoms with E-state index in [-0.39, 0.29) is 12.3 Å². The van der Waals surface area contributed by atoms with Gasteiger partial charge in [-0.1, -0.05) is 35.9 Å². The van der Waals surface area contributed by atoms with E-state index >= 15 is 0 Å². The van der Waals surface area contributed by atoms with Gasteiger partial charge in [0.05, 0.1) is 17.8 Å². The number of carboxylic acids is 1. The minimum atomic E-state index is -0.927. The number of benzene rings is 3. The molecule has 0 aliphatic carbocycles. The van der Waals surface area contributed by atoms with Crippen molar-refractivity contribution in [3.05, 3.63) is 88.4 Å². The predicted molar refractivity (Wildman–Crippen MR) is 137 cm³/mol. The van der Waals surface area contributed by atoms with Crippen LogP contribution in [-0.2, 0) is 16.0 Å². The summed E-state index contributed by atoms with van der Waals surface area (Å²) in [6.07, 6.45) is -0.122. The number of hydrogen-bond acceptors (Lipinski definition) is 5. The predicted octanol–water partition coefficient (Wildman–Crippen LogP) is 4.76. The van der Waals surface area contributed by atoms with Crippen LogP contribution < -0.4 is 10.1 Å². The lowest BCUT2D eigenvalue weighted by Gasteiger charge is -2.15. The van der Waals surface area contributed by atoms with E-state index in [1.807, 2.05) is 55.4 Å². The first-order valence-corrected chi connectivity index (χ1v) is 11.6. The lowest BCUT2D eigenvalue weighted by molar-refractivity contribution is -0.136. The Morgan fingerprint density at radius 3 is 2.60 bits per heavy atom. The molecular formula is C27H26ClN3O4. The average molecular weight is 492 g/mol. The Morgan fingerprint density at radius 2 is 1.89 bits per heavy atom. The van der Waals surface area contributed by atoms with Crippen LogP contribution in [0.5, 0.6) is 5.75 Å². The third-order valence-corrected chi connectivity index (χ3v) is 5.83. The molecule has 0 radical (unpaired) electrons. The molecule has 180 valence electrons. The number of carbonyl (C=O) groups excluding carboxylic acids is 1. The highest BCUT2D eigenvalue weighted by atomic mass is 35.5. The van der Waals surface area contributed by atoms with Gasteiger partial charge in [0.2, 0.25) is 5.91 Å². The number of anilines is 1. The zero-order valence-corrected chi connectivity index (χ0v) is 20.2. The van der Waals surface area contributed by atoms with Crippen LogP contribution in [0.15, 0.2) is 71.7 Å². The molecule has 1 amide bonds. The molecule has 1 atom stereocenters. The summed E-state index contributed by atoms with van der Waals surface area (Å²) in [6.45, 7) is 1.37. The van der Waals surface area contributed by atoms with Gasteiger partial charge in [-0.2, -0.15) is 0 Å². The van der Waals surface area contributed by atoms with Gasteiger partial charge in [0.1, 0.15) is 18.3 Å². The van der Waals surface area contributed by atoms with Gasteiger partial charge in [0.15, 0.2) is 0 Å². The van der Waals surface area contributed by atoms with E-state index in [4.69, 9.17) is 21.3 Å². The second-order valence-electron chi connectivity index (χ2n) is 8.57. The van der Waals surface area contributed by atoms with Crippen molar-refractivity contribution < 1.29 is 19.4 Å². The third-order valence-electron chi connectivity index (χ3n) is 5.59. The summed E-state index contributed by atoms with van der Waals surface area (Å²) in [7, 11) is 3.97. The van der Waals surface area contributed by atoms with Crippen LogP contribution in [0.4, 0.5) is 11.4 Å². The van der Waals surface area contributed by atoms with Crippen molar-refractivity contribution in [3.63, 3.8) is 0 Å². The summed E-state index contributed by atoms with van der Waals surface area (Å²) in [5.41, 5.74) is 3.90. The molecular weight excluding hydrogens is 466 g/mol. The Hall–Kier alpha value is -3.68. The summed E-state index contributed by atoms with van der Waals surface area (Å²) in [5.74, 6) is -1.08. The number of hydrogen-bond donors (Lipinski definition) is 2. The number of nitrogens with zero attached hydrogens (tertiary/aromatic N) is 2. The van der Waals surface area contributed by atoms with Crippen molar-refractivity contribution in [2.75, 3.05) is 32.6 Å². The maximum Gasteiger partial charge on any atom is 0.307 e. The summed E-state index contributed by atoms with van der Waals surface area (Å²) in [6, 6.07) is 19.8. The first kappa shape index (κ1) is 24.4. The van der Waals surface area contributed by atoms with E-state index in [9.17, 15) is 14.7 Å². The van der Waals surface area contributed by atoms with E-state index in [1.54, 1.807) is 30.3 Å². The van der Waals surface area contributed by atoms with Crippen LogP contribution in [0.25, 0.3) is 0 Å². The second kappa shape index (κ2) is 10.7. The normalized spacial score (nSPS) is 15.1. The summed E-state index contributed by atoms with van der Waals surface area (Å²) in [5, 5.41) is 12.7. The van der Waals surface area contributed by atoms with Gasteiger partial charge in [-0.15, -0.1) is 0 Å². The van der Waals surface area contributed by atoms with Gasteiger partial charge < -0.3 is 20.1 Å². The maximum atomic E-state index is 13.1. The number of carbonyl (C=O) groups is 2. The molecule has 0 aromatic heterocycles. The smallest absolute Gasteiger partial charge is 0.307 e. The van der Waals surface area contributed by atoms with E-state index < -0.39 is 11.9 Å². The first-order chi connectivity index (χ1) is 16.8. The highest BCUT2D eigenvalue weighted by molar-refractivity contribution is 6.31. The molecule has 4 rings (SSSR count). The molecule has 0 fully saturated rings. The summed E-state index contributed by atoms with van der Waals surface area (Å²) >= 11 is 6.13. The van der Waals surface area contributed by atoms with Crippen LogP contribution in [0.3, 0.4) is 0 Å². The average Bonchev–Trinajstić information content (AvgIpc) is 3.12. The Morgan fingerprint density at radius 1 is 1.11 bits per heavy atom. The van der Waals surface area contributed by atoms with Crippen molar-refractivity contribution in [2.24, 2.45) is 4.99 Å². The second-order valence-corrected chi connectivity index (χ2v) is 9.00. The van der Waals surface area contributed by atoms with Crippen LogP contribution >= 0.6 is 11.6 Å². The number of nitrogens with one attached hydrogen (secondary N) is 1. The SMILES string of the molecule is CN(C)CCOc1ccc(N=C(c2cccc(CC(=O)O)c2)C2C(=O)Nc3cc(Cl)ccc32)cc1. The van der Waals surface area contributed by atoms with E-state index in [1.165, 1.54) is 0 Å². The fraction of sp³-hybridized carbons (Fsp3) is 0.222. The molecule has 35 heavy (non-hydrogen) atoms. The van der Waals surface area contributed by atoms with Crippen LogP contribution in [0.1, 0.15) is 22.6 Å². The van der Waals surface area contributed by atoms with Crippen molar-refractivity contribution in [1.29, 1.82) is 0 Å². The van der Waals surface area contributed by atoms with Gasteiger partial charge in [0.25, 0.3) is 0 Å². The number of ether oxygens (including phenoxy) is 1. The number of halogens is 1. The summed E-state index contributed by atoms with van der Waals surface area (Å²) < 4.78 is 5.77. The summed E-state index contributed by atoms with van der Waals surface area (Å²) in [4.78, 5) is 31.3. The molecule has 1 unspecified atom stereocenters. The number of aliphatic carboxylic acids is 1. The maximum absolute atomic E-state index is 13.1. The van der Waals surface area contributed by atoms with Gasteiger partial charge in [-0.05, 0) is 73.3 Å². The Bertz CT molecular complexity index is 1270. The van der Waals surface area contributed by atoms with Crippen molar-refractivity contribution in [1.82, 2.24) is 4.90 Å². The first-order valence-electron chi connectivity index (χ1n) is 11.2. The highest BCUT2D eigenvalue weighted by Crippen LogP contribution is 2.38.